The predicted octanol–water partition coefficient (Wildman–Crippen LogP) is 4.57. The minimum absolute atomic E-state index is 0.0263. The highest BCUT2D eigenvalue weighted by atomic mass is 35.5. The number of amides is 1. The number of carbonyl (C=O) groups excluding carboxylic acids is 1. The summed E-state index contributed by atoms with van der Waals surface area (Å²) in [5.74, 6) is -0.386. The molecule has 1 fully saturated rings. The molecule has 31 heavy (non-hydrogen) atoms. The van der Waals surface area contributed by atoms with Crippen molar-refractivity contribution in [2.24, 2.45) is 0 Å². The van der Waals surface area contributed by atoms with Crippen LogP contribution in [0.25, 0.3) is 11.1 Å². The summed E-state index contributed by atoms with van der Waals surface area (Å²) < 4.78 is 39.2. The van der Waals surface area contributed by atoms with E-state index in [4.69, 9.17) is 11.6 Å². The van der Waals surface area contributed by atoms with Gasteiger partial charge < -0.3 is 15.5 Å². The average molecular weight is 456 g/mol. The van der Waals surface area contributed by atoms with Crippen LogP contribution in [-0.2, 0) is 11.2 Å². The van der Waals surface area contributed by atoms with Crippen LogP contribution in [-0.4, -0.2) is 40.0 Å². The maximum atomic E-state index is 13.1. The fraction of sp³-hybridized carbons (Fsp3) is 0.435. The molecule has 1 amide bonds. The third-order valence-corrected chi connectivity index (χ3v) is 6.40. The lowest BCUT2D eigenvalue weighted by Crippen LogP contribution is -2.59. The summed E-state index contributed by atoms with van der Waals surface area (Å²) in [6.07, 6.45) is -6.16. The molecule has 0 spiro atoms. The maximum absolute atomic E-state index is 13.1. The summed E-state index contributed by atoms with van der Waals surface area (Å²) in [4.78, 5) is 12.7. The van der Waals surface area contributed by atoms with Gasteiger partial charge in [-0.15, -0.1) is 0 Å². The van der Waals surface area contributed by atoms with Crippen molar-refractivity contribution < 1.29 is 28.2 Å². The highest BCUT2D eigenvalue weighted by molar-refractivity contribution is 6.30. The highest BCUT2D eigenvalue weighted by Crippen LogP contribution is 2.44. The van der Waals surface area contributed by atoms with Gasteiger partial charge >= 0.3 is 6.18 Å². The Morgan fingerprint density at radius 3 is 2.19 bits per heavy atom. The summed E-state index contributed by atoms with van der Waals surface area (Å²) in [5, 5.41) is 23.0. The van der Waals surface area contributed by atoms with Gasteiger partial charge in [0.1, 0.15) is 0 Å². The van der Waals surface area contributed by atoms with Crippen LogP contribution in [0.15, 0.2) is 42.5 Å². The lowest BCUT2D eigenvalue weighted by atomic mass is 9.74. The minimum atomic E-state index is -4.74. The standard InChI is InChI=1S/C23H25ClF3NO3/c1-15-2-3-17(16-4-6-19(24)7-5-16)12-18(15)13-20(30)28-21(14-29)8-10-22(31,11-9-21)23(25,26)27/h2-7,12,29,31H,8-11,13-14H2,1H3,(H,28,30). The summed E-state index contributed by atoms with van der Waals surface area (Å²) >= 11 is 5.94. The van der Waals surface area contributed by atoms with Crippen LogP contribution in [0.2, 0.25) is 5.02 Å². The van der Waals surface area contributed by atoms with Gasteiger partial charge in [0.15, 0.2) is 5.60 Å². The Bertz CT molecular complexity index is 936. The third kappa shape index (κ3) is 5.22. The van der Waals surface area contributed by atoms with Crippen LogP contribution in [0.1, 0.15) is 36.8 Å². The van der Waals surface area contributed by atoms with Crippen LogP contribution < -0.4 is 5.32 Å². The molecule has 1 aliphatic rings. The zero-order valence-corrected chi connectivity index (χ0v) is 17.9. The number of aliphatic hydroxyl groups is 2. The van der Waals surface area contributed by atoms with E-state index in [2.05, 4.69) is 5.32 Å². The number of alkyl halides is 3. The molecule has 0 bridgehead atoms. The van der Waals surface area contributed by atoms with E-state index in [1.165, 1.54) is 0 Å². The Morgan fingerprint density at radius 2 is 1.65 bits per heavy atom. The summed E-state index contributed by atoms with van der Waals surface area (Å²) in [5.41, 5.74) is -0.413. The van der Waals surface area contributed by atoms with Crippen molar-refractivity contribution in [1.29, 1.82) is 0 Å². The Balaban J connectivity index is 1.71. The lowest BCUT2D eigenvalue weighted by Gasteiger charge is -2.44. The summed E-state index contributed by atoms with van der Waals surface area (Å²) in [6.45, 7) is 1.39. The quantitative estimate of drug-likeness (QED) is 0.618. The van der Waals surface area contributed by atoms with E-state index >= 15 is 0 Å². The number of hydrogen-bond acceptors (Lipinski definition) is 3. The van der Waals surface area contributed by atoms with Gasteiger partial charge in [-0.25, -0.2) is 0 Å². The van der Waals surface area contributed by atoms with Crippen molar-refractivity contribution in [3.8, 4) is 11.1 Å². The summed E-state index contributed by atoms with van der Waals surface area (Å²) in [7, 11) is 0. The number of halogens is 4. The zero-order valence-electron chi connectivity index (χ0n) is 17.1. The van der Waals surface area contributed by atoms with E-state index < -0.39 is 36.8 Å². The van der Waals surface area contributed by atoms with Gasteiger partial charge in [0, 0.05) is 5.02 Å². The van der Waals surface area contributed by atoms with Gasteiger partial charge in [0.2, 0.25) is 5.91 Å². The molecule has 0 aromatic heterocycles. The molecule has 1 saturated carbocycles. The molecule has 4 nitrogen and oxygen atoms in total. The van der Waals surface area contributed by atoms with Gasteiger partial charge in [0.25, 0.3) is 0 Å². The number of benzene rings is 2. The van der Waals surface area contributed by atoms with E-state index in [-0.39, 0.29) is 25.2 Å². The number of aryl methyl sites for hydroxylation is 1. The smallest absolute Gasteiger partial charge is 0.394 e. The molecule has 0 aliphatic heterocycles. The van der Waals surface area contributed by atoms with Crippen LogP contribution in [0.5, 0.6) is 0 Å². The number of nitrogens with one attached hydrogen (secondary N) is 1. The van der Waals surface area contributed by atoms with Crippen LogP contribution in [0.3, 0.4) is 0 Å². The van der Waals surface area contributed by atoms with Crippen molar-refractivity contribution >= 4 is 17.5 Å². The first-order valence-corrected chi connectivity index (χ1v) is 10.4. The number of rotatable bonds is 5. The molecule has 3 rings (SSSR count). The molecule has 2 aromatic rings. The zero-order chi connectivity index (χ0) is 22.9. The maximum Gasteiger partial charge on any atom is 0.417 e. The second-order valence-corrected chi connectivity index (χ2v) is 8.78. The average Bonchev–Trinajstić information content (AvgIpc) is 2.71. The van der Waals surface area contributed by atoms with E-state index in [1.54, 1.807) is 12.1 Å². The van der Waals surface area contributed by atoms with Gasteiger partial charge in [-0.05, 0) is 67.0 Å². The van der Waals surface area contributed by atoms with E-state index in [0.717, 1.165) is 22.3 Å². The molecular formula is C23H25ClF3NO3. The molecule has 3 N–H and O–H groups in total. The first-order valence-electron chi connectivity index (χ1n) is 10.0. The predicted molar refractivity (Wildman–Crippen MR) is 113 cm³/mol. The Morgan fingerprint density at radius 1 is 1.06 bits per heavy atom. The second-order valence-electron chi connectivity index (χ2n) is 8.34. The molecule has 0 atom stereocenters. The van der Waals surface area contributed by atoms with Crippen LogP contribution in [0, 0.1) is 6.92 Å². The normalized spacial score (nSPS) is 24.1. The minimum Gasteiger partial charge on any atom is -0.394 e. The fourth-order valence-electron chi connectivity index (χ4n) is 3.94. The van der Waals surface area contributed by atoms with Crippen molar-refractivity contribution in [1.82, 2.24) is 5.32 Å². The van der Waals surface area contributed by atoms with Gasteiger partial charge in [-0.1, -0.05) is 41.9 Å². The van der Waals surface area contributed by atoms with Crippen LogP contribution in [0.4, 0.5) is 13.2 Å². The molecule has 1 aliphatic carbocycles. The molecule has 0 heterocycles. The molecule has 2 aromatic carbocycles. The monoisotopic (exact) mass is 455 g/mol. The summed E-state index contributed by atoms with van der Waals surface area (Å²) in [6, 6.07) is 13.0. The van der Waals surface area contributed by atoms with Crippen LogP contribution >= 0.6 is 11.6 Å². The van der Waals surface area contributed by atoms with Crippen molar-refractivity contribution in [2.45, 2.75) is 56.3 Å². The first kappa shape index (κ1) is 23.6. The third-order valence-electron chi connectivity index (χ3n) is 6.15. The highest BCUT2D eigenvalue weighted by Gasteiger charge is 2.57. The molecule has 0 unspecified atom stereocenters. The molecule has 0 radical (unpaired) electrons. The lowest BCUT2D eigenvalue weighted by molar-refractivity contribution is -0.273. The topological polar surface area (TPSA) is 69.6 Å². The number of carbonyl (C=O) groups is 1. The van der Waals surface area contributed by atoms with E-state index in [9.17, 15) is 28.2 Å². The van der Waals surface area contributed by atoms with Gasteiger partial charge in [0.05, 0.1) is 18.6 Å². The van der Waals surface area contributed by atoms with Crippen molar-refractivity contribution in [3.63, 3.8) is 0 Å². The molecule has 168 valence electrons. The van der Waals surface area contributed by atoms with Gasteiger partial charge in [-0.2, -0.15) is 13.2 Å². The van der Waals surface area contributed by atoms with Gasteiger partial charge in [-0.3, -0.25) is 4.79 Å². The largest absolute Gasteiger partial charge is 0.417 e. The van der Waals surface area contributed by atoms with E-state index in [0.29, 0.717) is 5.02 Å². The molecular weight excluding hydrogens is 431 g/mol. The molecule has 8 heteroatoms. The Labute approximate surface area is 184 Å². The SMILES string of the molecule is Cc1ccc(-c2ccc(Cl)cc2)cc1CC(=O)NC1(CO)CCC(O)(C(F)(F)F)CC1. The fourth-order valence-corrected chi connectivity index (χ4v) is 4.07. The number of hydrogen-bond donors (Lipinski definition) is 3. The Hall–Kier alpha value is -2.09. The Kier molecular flexibility index (Phi) is 6.69. The van der Waals surface area contributed by atoms with Crippen molar-refractivity contribution in [2.75, 3.05) is 6.61 Å². The number of aliphatic hydroxyl groups excluding tert-OH is 1. The van der Waals surface area contributed by atoms with E-state index in [1.807, 2.05) is 37.3 Å². The first-order chi connectivity index (χ1) is 14.5. The second kappa shape index (κ2) is 8.81. The molecule has 0 saturated heterocycles. The van der Waals surface area contributed by atoms with Crippen molar-refractivity contribution in [3.05, 3.63) is 58.6 Å².